The maximum atomic E-state index is 13.0. The number of aromatic nitrogens is 4. The first-order chi connectivity index (χ1) is 17.0. The second kappa shape index (κ2) is 9.26. The van der Waals surface area contributed by atoms with E-state index in [1.807, 2.05) is 0 Å². The molecule has 11 heteroatoms. The van der Waals surface area contributed by atoms with E-state index < -0.39 is 0 Å². The normalized spacial score (nSPS) is 25.2. The third-order valence-corrected chi connectivity index (χ3v) is 9.06. The lowest BCUT2D eigenvalue weighted by molar-refractivity contribution is -0.125. The van der Waals surface area contributed by atoms with E-state index in [0.717, 1.165) is 41.6 Å². The molecule has 3 N–H and O–H groups in total. The molecule has 2 aliphatic carbocycles. The van der Waals surface area contributed by atoms with Crippen molar-refractivity contribution >= 4 is 62.4 Å². The van der Waals surface area contributed by atoms with E-state index in [9.17, 15) is 4.79 Å². The van der Waals surface area contributed by atoms with Crippen molar-refractivity contribution in [2.45, 2.75) is 38.6 Å². The Bertz CT molecular complexity index is 1300. The number of rotatable bonds is 7. The lowest BCUT2D eigenvalue weighted by atomic mass is 9.87. The Morgan fingerprint density at radius 2 is 2.03 bits per heavy atom. The summed E-state index contributed by atoms with van der Waals surface area (Å²) in [6.45, 7) is 4.74. The van der Waals surface area contributed by atoms with E-state index in [1.165, 1.54) is 24.2 Å². The summed E-state index contributed by atoms with van der Waals surface area (Å²) in [6.07, 6.45) is 10.2. The summed E-state index contributed by atoms with van der Waals surface area (Å²) in [5.74, 6) is 1.09. The number of fused-ring (bicyclic) bond motifs is 3. The third kappa shape index (κ3) is 4.07. The van der Waals surface area contributed by atoms with Crippen molar-refractivity contribution in [3.63, 3.8) is 0 Å². The molecule has 3 aromatic heterocycles. The monoisotopic (exact) mass is 531 g/mol. The summed E-state index contributed by atoms with van der Waals surface area (Å²) in [5.41, 5.74) is 1.97. The maximum Gasteiger partial charge on any atom is 0.225 e. The van der Waals surface area contributed by atoms with Gasteiger partial charge in [-0.3, -0.25) is 4.79 Å². The van der Waals surface area contributed by atoms with Gasteiger partial charge in [0.15, 0.2) is 21.8 Å². The van der Waals surface area contributed by atoms with Crippen LogP contribution in [-0.4, -0.2) is 51.5 Å². The predicted octanol–water partition coefficient (Wildman–Crippen LogP) is 5.12. The van der Waals surface area contributed by atoms with Crippen molar-refractivity contribution in [1.82, 2.24) is 25.3 Å². The Labute approximate surface area is 217 Å². The van der Waals surface area contributed by atoms with Gasteiger partial charge in [0.2, 0.25) is 5.91 Å². The van der Waals surface area contributed by atoms with E-state index in [0.29, 0.717) is 33.7 Å². The van der Waals surface area contributed by atoms with Crippen LogP contribution in [0.1, 0.15) is 32.6 Å². The van der Waals surface area contributed by atoms with Crippen molar-refractivity contribution < 1.29 is 4.79 Å². The Morgan fingerprint density at radius 1 is 1.23 bits per heavy atom. The highest BCUT2D eigenvalue weighted by Gasteiger charge is 2.48. The summed E-state index contributed by atoms with van der Waals surface area (Å²) >= 11 is 14.7. The number of imidazole rings is 1. The Morgan fingerprint density at radius 3 is 2.83 bits per heavy atom. The van der Waals surface area contributed by atoms with E-state index in [-0.39, 0.29) is 29.7 Å². The van der Waals surface area contributed by atoms with Gasteiger partial charge in [0, 0.05) is 25.7 Å². The summed E-state index contributed by atoms with van der Waals surface area (Å²) in [6, 6.07) is -0.0505. The molecule has 184 valence electrons. The first-order valence-electron chi connectivity index (χ1n) is 12.2. The number of carbonyl (C=O) groups excluding carboxylic acids is 1. The van der Waals surface area contributed by atoms with Crippen LogP contribution in [0.2, 0.25) is 10.2 Å². The molecule has 1 saturated carbocycles. The molecule has 4 heterocycles. The molecule has 2 fully saturated rings. The van der Waals surface area contributed by atoms with Gasteiger partial charge in [-0.15, -0.1) is 0 Å². The minimum Gasteiger partial charge on any atom is -0.378 e. The van der Waals surface area contributed by atoms with E-state index in [4.69, 9.17) is 28.2 Å². The van der Waals surface area contributed by atoms with Crippen molar-refractivity contribution in [3.05, 3.63) is 28.5 Å². The number of allylic oxidation sites excluding steroid dienone is 1. The standard InChI is InChI=1S/C24H27Cl2N7OS/c1-2-7-27-23(34)15-12-5-6-13(10-12)16(15)29-17-14(25)11-28-21-18(17)30-22(32-21)19-20(26)31-24(35-19)33-8-3-4-9-33/h5-6,11-13,15-16H,2-4,7-10H2,1H3,(H,27,34)(H2,28,29,30,32)/t12-,13+,15+,16-/m1/s1. The topological polar surface area (TPSA) is 98.8 Å². The molecule has 1 saturated heterocycles. The zero-order valence-corrected chi connectivity index (χ0v) is 21.7. The highest BCUT2D eigenvalue weighted by atomic mass is 35.5. The summed E-state index contributed by atoms with van der Waals surface area (Å²) < 4.78 is 0. The number of anilines is 2. The number of aromatic amines is 1. The second-order valence-corrected chi connectivity index (χ2v) is 11.3. The molecule has 1 amide bonds. The van der Waals surface area contributed by atoms with Gasteiger partial charge in [0.05, 0.1) is 22.8 Å². The van der Waals surface area contributed by atoms with Crippen LogP contribution in [-0.2, 0) is 4.79 Å². The molecule has 1 aliphatic heterocycles. The van der Waals surface area contributed by atoms with Gasteiger partial charge in [-0.05, 0) is 37.5 Å². The number of H-pyrrole nitrogens is 1. The first-order valence-corrected chi connectivity index (χ1v) is 13.8. The minimum absolute atomic E-state index is 0.0505. The van der Waals surface area contributed by atoms with Crippen LogP contribution in [0.15, 0.2) is 18.3 Å². The van der Waals surface area contributed by atoms with E-state index >= 15 is 0 Å². The Hall–Kier alpha value is -2.36. The molecular weight excluding hydrogens is 505 g/mol. The molecule has 4 atom stereocenters. The summed E-state index contributed by atoms with van der Waals surface area (Å²) in [7, 11) is 0. The molecule has 6 rings (SSSR count). The molecule has 3 aromatic rings. The maximum absolute atomic E-state index is 13.0. The number of nitrogens with zero attached hydrogens (tertiary/aromatic N) is 4. The predicted molar refractivity (Wildman–Crippen MR) is 141 cm³/mol. The van der Waals surface area contributed by atoms with Gasteiger partial charge >= 0.3 is 0 Å². The molecule has 8 nitrogen and oxygen atoms in total. The molecule has 0 unspecified atom stereocenters. The fourth-order valence-electron chi connectivity index (χ4n) is 5.57. The number of pyridine rings is 1. The van der Waals surface area contributed by atoms with Gasteiger partial charge < -0.3 is 20.5 Å². The average molecular weight is 533 g/mol. The zero-order valence-electron chi connectivity index (χ0n) is 19.4. The molecule has 0 radical (unpaired) electrons. The molecule has 0 aromatic carbocycles. The quantitative estimate of drug-likeness (QED) is 0.366. The molecular formula is C24H27Cl2N7OS. The lowest BCUT2D eigenvalue weighted by Crippen LogP contribution is -2.43. The third-order valence-electron chi connectivity index (χ3n) is 7.26. The SMILES string of the molecule is CCCNC(=O)[C@@H]1[C@H](Nc2c(Cl)cnc3nc(-c4sc(N5CCCC5)nc4Cl)[nH]c23)[C@H]2C=C[C@@H]1C2. The van der Waals surface area contributed by atoms with Gasteiger partial charge in [0.25, 0.3) is 0 Å². The van der Waals surface area contributed by atoms with Crippen LogP contribution < -0.4 is 15.5 Å². The van der Waals surface area contributed by atoms with Gasteiger partial charge in [-0.2, -0.15) is 0 Å². The van der Waals surface area contributed by atoms with Crippen LogP contribution in [0.5, 0.6) is 0 Å². The number of hydrogen-bond acceptors (Lipinski definition) is 7. The number of nitrogens with one attached hydrogen (secondary N) is 3. The average Bonchev–Trinajstić information content (AvgIpc) is 3.66. The van der Waals surface area contributed by atoms with Gasteiger partial charge in [0.1, 0.15) is 10.4 Å². The number of amides is 1. The number of halogens is 2. The smallest absolute Gasteiger partial charge is 0.225 e. The van der Waals surface area contributed by atoms with Crippen LogP contribution in [0, 0.1) is 17.8 Å². The molecule has 0 spiro atoms. The van der Waals surface area contributed by atoms with Crippen molar-refractivity contribution in [3.8, 4) is 10.7 Å². The van der Waals surface area contributed by atoms with E-state index in [1.54, 1.807) is 6.20 Å². The molecule has 3 aliphatic rings. The Balaban J connectivity index is 1.33. The van der Waals surface area contributed by atoms with Crippen molar-refractivity contribution in [2.24, 2.45) is 17.8 Å². The summed E-state index contributed by atoms with van der Waals surface area (Å²) in [5, 5.41) is 8.53. The number of hydrogen-bond donors (Lipinski definition) is 3. The highest BCUT2D eigenvalue weighted by Crippen LogP contribution is 2.46. The number of carbonyl (C=O) groups is 1. The van der Waals surface area contributed by atoms with Crippen molar-refractivity contribution in [1.29, 1.82) is 0 Å². The first kappa shape index (κ1) is 23.1. The number of thiazole rings is 1. The largest absolute Gasteiger partial charge is 0.378 e. The second-order valence-electron chi connectivity index (χ2n) is 9.51. The van der Waals surface area contributed by atoms with Crippen LogP contribution >= 0.6 is 34.5 Å². The fraction of sp³-hybridized carbons (Fsp3) is 0.500. The molecule has 2 bridgehead atoms. The minimum atomic E-state index is -0.141. The fourth-order valence-corrected chi connectivity index (χ4v) is 7.06. The van der Waals surface area contributed by atoms with Gasteiger partial charge in [-0.25, -0.2) is 15.0 Å². The van der Waals surface area contributed by atoms with Crippen LogP contribution in [0.3, 0.4) is 0 Å². The van der Waals surface area contributed by atoms with Crippen LogP contribution in [0.25, 0.3) is 21.9 Å². The summed E-state index contributed by atoms with van der Waals surface area (Å²) in [4.78, 5) is 33.2. The zero-order chi connectivity index (χ0) is 24.1. The highest BCUT2D eigenvalue weighted by molar-refractivity contribution is 7.19. The van der Waals surface area contributed by atoms with Gasteiger partial charge in [-0.1, -0.05) is 53.6 Å². The van der Waals surface area contributed by atoms with E-state index in [2.05, 4.69) is 49.6 Å². The lowest BCUT2D eigenvalue weighted by Gasteiger charge is -2.29. The molecule has 35 heavy (non-hydrogen) atoms. The Kier molecular flexibility index (Phi) is 6.10. The van der Waals surface area contributed by atoms with Crippen LogP contribution in [0.4, 0.5) is 10.8 Å². The van der Waals surface area contributed by atoms with Crippen molar-refractivity contribution in [2.75, 3.05) is 29.9 Å².